The van der Waals surface area contributed by atoms with E-state index in [2.05, 4.69) is 17.6 Å². The van der Waals surface area contributed by atoms with E-state index in [1.165, 1.54) is 0 Å². The van der Waals surface area contributed by atoms with E-state index in [0.29, 0.717) is 12.6 Å². The van der Waals surface area contributed by atoms with Gasteiger partial charge < -0.3 is 15.4 Å². The van der Waals surface area contributed by atoms with E-state index in [4.69, 9.17) is 4.74 Å². The van der Waals surface area contributed by atoms with Crippen molar-refractivity contribution in [3.05, 3.63) is 29.8 Å². The fourth-order valence-electron chi connectivity index (χ4n) is 2.55. The van der Waals surface area contributed by atoms with Crippen LogP contribution < -0.4 is 15.4 Å². The van der Waals surface area contributed by atoms with E-state index in [9.17, 15) is 4.79 Å². The molecule has 1 heterocycles. The van der Waals surface area contributed by atoms with Gasteiger partial charge in [-0.25, -0.2) is 0 Å². The maximum Gasteiger partial charge on any atom is 0.223 e. The summed E-state index contributed by atoms with van der Waals surface area (Å²) in [7, 11) is 1.65. The number of carbonyl (C=O) groups excluding carboxylic acids is 1. The fraction of sp³-hybridized carbons (Fsp3) is 0.533. The molecule has 2 atom stereocenters. The Hall–Kier alpha value is -1.55. The van der Waals surface area contributed by atoms with Crippen molar-refractivity contribution in [2.75, 3.05) is 13.7 Å². The number of hydrogen-bond acceptors (Lipinski definition) is 3. The van der Waals surface area contributed by atoms with Gasteiger partial charge in [-0.05, 0) is 32.4 Å². The minimum absolute atomic E-state index is 0.131. The molecule has 19 heavy (non-hydrogen) atoms. The lowest BCUT2D eigenvalue weighted by atomic mass is 9.92. The molecule has 0 unspecified atom stereocenters. The van der Waals surface area contributed by atoms with E-state index in [0.717, 1.165) is 30.7 Å². The molecule has 0 saturated carbocycles. The molecule has 0 aliphatic carbocycles. The molecule has 2 rings (SSSR count). The maximum atomic E-state index is 12.1. The summed E-state index contributed by atoms with van der Waals surface area (Å²) in [6, 6.07) is 8.20. The van der Waals surface area contributed by atoms with E-state index in [1.54, 1.807) is 7.11 Å². The van der Waals surface area contributed by atoms with E-state index < -0.39 is 0 Å². The number of carbonyl (C=O) groups is 1. The SMILES string of the molecule is COc1ccccc1CNC(=O)[C@H]1CCN[C@@H](C)C1. The van der Waals surface area contributed by atoms with Gasteiger partial charge in [0.1, 0.15) is 5.75 Å². The Balaban J connectivity index is 1.89. The first kappa shape index (κ1) is 13.9. The highest BCUT2D eigenvalue weighted by Gasteiger charge is 2.24. The summed E-state index contributed by atoms with van der Waals surface area (Å²) in [5.41, 5.74) is 1.01. The molecule has 1 aliphatic rings. The number of para-hydroxylation sites is 1. The zero-order valence-corrected chi connectivity index (χ0v) is 11.6. The van der Waals surface area contributed by atoms with Gasteiger partial charge >= 0.3 is 0 Å². The summed E-state index contributed by atoms with van der Waals surface area (Å²) < 4.78 is 5.28. The van der Waals surface area contributed by atoms with Crippen molar-refractivity contribution in [1.29, 1.82) is 0 Å². The number of hydrogen-bond donors (Lipinski definition) is 2. The molecule has 1 aromatic rings. The number of ether oxygens (including phenoxy) is 1. The molecule has 4 heteroatoms. The van der Waals surface area contributed by atoms with Crippen LogP contribution in [0.15, 0.2) is 24.3 Å². The van der Waals surface area contributed by atoms with Crippen molar-refractivity contribution in [2.45, 2.75) is 32.4 Å². The van der Waals surface area contributed by atoms with Gasteiger partial charge in [-0.3, -0.25) is 4.79 Å². The zero-order valence-electron chi connectivity index (χ0n) is 11.6. The van der Waals surface area contributed by atoms with Crippen LogP contribution in [0.5, 0.6) is 5.75 Å². The van der Waals surface area contributed by atoms with Crippen molar-refractivity contribution in [2.24, 2.45) is 5.92 Å². The van der Waals surface area contributed by atoms with Crippen molar-refractivity contribution in [3.8, 4) is 5.75 Å². The Kier molecular flexibility index (Phi) is 4.80. The van der Waals surface area contributed by atoms with Crippen LogP contribution in [-0.2, 0) is 11.3 Å². The van der Waals surface area contributed by atoms with Crippen LogP contribution in [0.25, 0.3) is 0 Å². The Labute approximate surface area is 114 Å². The van der Waals surface area contributed by atoms with Gasteiger partial charge in [0.25, 0.3) is 0 Å². The van der Waals surface area contributed by atoms with Crippen molar-refractivity contribution >= 4 is 5.91 Å². The highest BCUT2D eigenvalue weighted by Crippen LogP contribution is 2.19. The van der Waals surface area contributed by atoms with Gasteiger partial charge in [-0.1, -0.05) is 18.2 Å². The molecule has 0 aromatic heterocycles. The lowest BCUT2D eigenvalue weighted by Crippen LogP contribution is -2.42. The second kappa shape index (κ2) is 6.57. The second-order valence-corrected chi connectivity index (χ2v) is 5.11. The summed E-state index contributed by atoms with van der Waals surface area (Å²) in [5.74, 6) is 1.10. The van der Waals surface area contributed by atoms with E-state index in [1.807, 2.05) is 24.3 Å². The van der Waals surface area contributed by atoms with Gasteiger partial charge in [0, 0.05) is 24.1 Å². The third kappa shape index (κ3) is 3.70. The summed E-state index contributed by atoms with van der Waals surface area (Å²) >= 11 is 0. The molecule has 0 bridgehead atoms. The molecule has 104 valence electrons. The Morgan fingerprint density at radius 2 is 2.26 bits per heavy atom. The molecule has 1 amide bonds. The standard InChI is InChI=1S/C15H22N2O2/c1-11-9-12(7-8-16-11)15(18)17-10-13-5-3-4-6-14(13)19-2/h3-6,11-12,16H,7-10H2,1-2H3,(H,17,18)/t11-,12-/m0/s1. The van der Waals surface area contributed by atoms with Crippen LogP contribution in [-0.4, -0.2) is 25.6 Å². The second-order valence-electron chi connectivity index (χ2n) is 5.11. The first-order valence-electron chi connectivity index (χ1n) is 6.83. The van der Waals surface area contributed by atoms with Crippen molar-refractivity contribution in [3.63, 3.8) is 0 Å². The van der Waals surface area contributed by atoms with Crippen LogP contribution in [0, 0.1) is 5.92 Å². The summed E-state index contributed by atoms with van der Waals surface area (Å²) in [5, 5.41) is 6.38. The van der Waals surface area contributed by atoms with Crippen molar-refractivity contribution in [1.82, 2.24) is 10.6 Å². The van der Waals surface area contributed by atoms with Crippen LogP contribution in [0.3, 0.4) is 0 Å². The van der Waals surface area contributed by atoms with Gasteiger partial charge in [0.2, 0.25) is 5.91 Å². The van der Waals surface area contributed by atoms with Gasteiger partial charge in [-0.15, -0.1) is 0 Å². The van der Waals surface area contributed by atoms with Crippen LogP contribution in [0.2, 0.25) is 0 Å². The Morgan fingerprint density at radius 1 is 1.47 bits per heavy atom. The zero-order chi connectivity index (χ0) is 13.7. The Bertz CT molecular complexity index is 434. The predicted octanol–water partition coefficient (Wildman–Crippen LogP) is 1.70. The summed E-state index contributed by atoms with van der Waals surface area (Å²) in [4.78, 5) is 12.1. The van der Waals surface area contributed by atoms with E-state index in [-0.39, 0.29) is 11.8 Å². The molecule has 1 fully saturated rings. The molecule has 4 nitrogen and oxygen atoms in total. The normalized spacial score (nSPS) is 22.8. The molecular formula is C15H22N2O2. The monoisotopic (exact) mass is 262 g/mol. The minimum atomic E-state index is 0.131. The lowest BCUT2D eigenvalue weighted by molar-refractivity contribution is -0.126. The predicted molar refractivity (Wildman–Crippen MR) is 75.0 cm³/mol. The van der Waals surface area contributed by atoms with Gasteiger partial charge in [0.05, 0.1) is 7.11 Å². The lowest BCUT2D eigenvalue weighted by Gasteiger charge is -2.27. The number of piperidine rings is 1. The third-order valence-electron chi connectivity index (χ3n) is 3.64. The summed E-state index contributed by atoms with van der Waals surface area (Å²) in [6.07, 6.45) is 1.83. The number of benzene rings is 1. The number of amides is 1. The molecular weight excluding hydrogens is 240 g/mol. The van der Waals surface area contributed by atoms with Gasteiger partial charge in [-0.2, -0.15) is 0 Å². The molecule has 1 aromatic carbocycles. The topological polar surface area (TPSA) is 50.4 Å². The molecule has 2 N–H and O–H groups in total. The van der Waals surface area contributed by atoms with Crippen LogP contribution >= 0.6 is 0 Å². The molecule has 1 aliphatic heterocycles. The van der Waals surface area contributed by atoms with E-state index >= 15 is 0 Å². The van der Waals surface area contributed by atoms with Crippen LogP contribution in [0.4, 0.5) is 0 Å². The molecule has 1 saturated heterocycles. The third-order valence-corrected chi connectivity index (χ3v) is 3.64. The van der Waals surface area contributed by atoms with Crippen LogP contribution in [0.1, 0.15) is 25.3 Å². The molecule has 0 spiro atoms. The average molecular weight is 262 g/mol. The first-order chi connectivity index (χ1) is 9.20. The van der Waals surface area contributed by atoms with Crippen molar-refractivity contribution < 1.29 is 9.53 Å². The average Bonchev–Trinajstić information content (AvgIpc) is 2.45. The van der Waals surface area contributed by atoms with Gasteiger partial charge in [0.15, 0.2) is 0 Å². The molecule has 0 radical (unpaired) electrons. The maximum absolute atomic E-state index is 12.1. The smallest absolute Gasteiger partial charge is 0.223 e. The number of methoxy groups -OCH3 is 1. The number of rotatable bonds is 4. The fourth-order valence-corrected chi connectivity index (χ4v) is 2.55. The number of nitrogens with one attached hydrogen (secondary N) is 2. The highest BCUT2D eigenvalue weighted by molar-refractivity contribution is 5.78. The Morgan fingerprint density at radius 3 is 3.00 bits per heavy atom. The summed E-state index contributed by atoms with van der Waals surface area (Å²) in [6.45, 7) is 3.58. The minimum Gasteiger partial charge on any atom is -0.496 e. The first-order valence-corrected chi connectivity index (χ1v) is 6.83. The largest absolute Gasteiger partial charge is 0.496 e. The quantitative estimate of drug-likeness (QED) is 0.868. The highest BCUT2D eigenvalue weighted by atomic mass is 16.5.